The molecule has 1 aromatic carbocycles. The SMILES string of the molecule is CC(C)OC(=O)CCCCCCC1[C@@H](O)CCC1(C)CC[C@@H](O)CCc1ccccc1. The molecule has 0 heterocycles. The highest BCUT2D eigenvalue weighted by Crippen LogP contribution is 2.49. The molecule has 1 aromatic rings. The van der Waals surface area contributed by atoms with Gasteiger partial charge in [0, 0.05) is 6.42 Å². The molecule has 1 saturated carbocycles. The third-order valence-electron chi connectivity index (χ3n) is 7.04. The summed E-state index contributed by atoms with van der Waals surface area (Å²) in [7, 11) is 0. The van der Waals surface area contributed by atoms with Crippen LogP contribution in [0.1, 0.15) is 97.0 Å². The molecule has 4 atom stereocenters. The zero-order chi connectivity index (χ0) is 22.7. The average molecular weight is 433 g/mol. The van der Waals surface area contributed by atoms with Crippen LogP contribution in [0.4, 0.5) is 0 Å². The van der Waals surface area contributed by atoms with Crippen molar-refractivity contribution in [1.29, 1.82) is 0 Å². The lowest BCUT2D eigenvalue weighted by Gasteiger charge is -2.34. The van der Waals surface area contributed by atoms with Crippen molar-refractivity contribution in [2.45, 2.75) is 116 Å². The summed E-state index contributed by atoms with van der Waals surface area (Å²) >= 11 is 0. The average Bonchev–Trinajstić information content (AvgIpc) is 3.02. The molecule has 1 aliphatic rings. The van der Waals surface area contributed by atoms with Crippen molar-refractivity contribution in [2.75, 3.05) is 0 Å². The Morgan fingerprint density at radius 2 is 1.84 bits per heavy atom. The number of benzene rings is 1. The van der Waals surface area contributed by atoms with E-state index in [0.717, 1.165) is 70.6 Å². The van der Waals surface area contributed by atoms with Gasteiger partial charge in [0.2, 0.25) is 0 Å². The Hall–Kier alpha value is -1.39. The van der Waals surface area contributed by atoms with Gasteiger partial charge in [0.1, 0.15) is 0 Å². The summed E-state index contributed by atoms with van der Waals surface area (Å²) in [5.74, 6) is 0.222. The van der Waals surface area contributed by atoms with E-state index in [2.05, 4.69) is 19.1 Å². The number of carbonyl (C=O) groups is 1. The van der Waals surface area contributed by atoms with Crippen LogP contribution in [0.5, 0.6) is 0 Å². The summed E-state index contributed by atoms with van der Waals surface area (Å²) in [6.07, 6.45) is 10.5. The van der Waals surface area contributed by atoms with Gasteiger partial charge in [-0.3, -0.25) is 4.79 Å². The first-order valence-electron chi connectivity index (χ1n) is 12.4. The lowest BCUT2D eigenvalue weighted by molar-refractivity contribution is -0.147. The minimum absolute atomic E-state index is 0.0362. The Morgan fingerprint density at radius 1 is 1.13 bits per heavy atom. The Kier molecular flexibility index (Phi) is 11.0. The van der Waals surface area contributed by atoms with Gasteiger partial charge >= 0.3 is 5.97 Å². The number of carbonyl (C=O) groups excluding carboxylic acids is 1. The minimum atomic E-state index is -0.277. The zero-order valence-electron chi connectivity index (χ0n) is 19.9. The molecule has 4 heteroatoms. The molecule has 4 nitrogen and oxygen atoms in total. The Morgan fingerprint density at radius 3 is 2.55 bits per heavy atom. The molecule has 31 heavy (non-hydrogen) atoms. The highest BCUT2D eigenvalue weighted by Gasteiger charge is 2.43. The quantitative estimate of drug-likeness (QED) is 0.287. The van der Waals surface area contributed by atoms with Gasteiger partial charge in [0.15, 0.2) is 0 Å². The Bertz CT molecular complexity index is 629. The molecule has 0 radical (unpaired) electrons. The second kappa shape index (κ2) is 13.2. The summed E-state index contributed by atoms with van der Waals surface area (Å²) in [6.45, 7) is 6.06. The van der Waals surface area contributed by atoms with Crippen LogP contribution in [0.25, 0.3) is 0 Å². The van der Waals surface area contributed by atoms with E-state index in [0.29, 0.717) is 12.3 Å². The van der Waals surface area contributed by atoms with Gasteiger partial charge in [-0.15, -0.1) is 0 Å². The van der Waals surface area contributed by atoms with E-state index in [1.54, 1.807) is 0 Å². The predicted octanol–water partition coefficient (Wildman–Crippen LogP) is 5.83. The predicted molar refractivity (Wildman–Crippen MR) is 126 cm³/mol. The fourth-order valence-corrected chi connectivity index (χ4v) is 5.11. The molecule has 1 fully saturated rings. The minimum Gasteiger partial charge on any atom is -0.463 e. The van der Waals surface area contributed by atoms with Gasteiger partial charge in [-0.1, -0.05) is 56.5 Å². The summed E-state index contributed by atoms with van der Waals surface area (Å²) in [5, 5.41) is 21.1. The standard InChI is InChI=1S/C27H44O4/c1-21(2)31-26(30)14-10-5-4-9-13-24-25(29)18-20-27(24,3)19-17-23(28)16-15-22-11-7-6-8-12-22/h6-8,11-12,21,23-25,28-29H,4-5,9-10,13-20H2,1-3H3/t23-,24?,25-,27?/m0/s1. The van der Waals surface area contributed by atoms with Crippen molar-refractivity contribution >= 4 is 5.97 Å². The fourth-order valence-electron chi connectivity index (χ4n) is 5.11. The number of rotatable bonds is 14. The number of unbranched alkanes of at least 4 members (excludes halogenated alkanes) is 3. The number of ether oxygens (including phenoxy) is 1. The van der Waals surface area contributed by atoms with Crippen molar-refractivity contribution in [3.63, 3.8) is 0 Å². The molecule has 0 bridgehead atoms. The van der Waals surface area contributed by atoms with Crippen LogP contribution < -0.4 is 0 Å². The van der Waals surface area contributed by atoms with Crippen LogP contribution in [0.2, 0.25) is 0 Å². The third-order valence-corrected chi connectivity index (χ3v) is 7.04. The lowest BCUT2D eigenvalue weighted by atomic mass is 9.73. The van der Waals surface area contributed by atoms with Crippen LogP contribution >= 0.6 is 0 Å². The van der Waals surface area contributed by atoms with Crippen molar-refractivity contribution in [3.05, 3.63) is 35.9 Å². The van der Waals surface area contributed by atoms with Gasteiger partial charge in [-0.2, -0.15) is 0 Å². The molecule has 0 saturated heterocycles. The Labute approximate surface area is 189 Å². The molecule has 176 valence electrons. The van der Waals surface area contributed by atoms with Gasteiger partial charge in [0.25, 0.3) is 0 Å². The van der Waals surface area contributed by atoms with E-state index in [4.69, 9.17) is 4.74 Å². The van der Waals surface area contributed by atoms with Crippen molar-refractivity contribution in [3.8, 4) is 0 Å². The monoisotopic (exact) mass is 432 g/mol. The summed E-state index contributed by atoms with van der Waals surface area (Å²) in [6, 6.07) is 10.3. The van der Waals surface area contributed by atoms with Gasteiger partial charge in [0.05, 0.1) is 18.3 Å². The second-order valence-electron chi connectivity index (χ2n) is 10.1. The smallest absolute Gasteiger partial charge is 0.306 e. The first-order chi connectivity index (χ1) is 14.8. The highest BCUT2D eigenvalue weighted by molar-refractivity contribution is 5.69. The third kappa shape index (κ3) is 9.33. The molecular formula is C27H44O4. The van der Waals surface area contributed by atoms with Gasteiger partial charge in [-0.25, -0.2) is 0 Å². The number of aliphatic hydroxyl groups excluding tert-OH is 2. The number of aliphatic hydroxyl groups is 2. The largest absolute Gasteiger partial charge is 0.463 e. The molecule has 1 aliphatic carbocycles. The molecule has 2 unspecified atom stereocenters. The lowest BCUT2D eigenvalue weighted by Crippen LogP contribution is -2.29. The Balaban J connectivity index is 1.66. The number of aryl methyl sites for hydroxylation is 1. The van der Waals surface area contributed by atoms with Crippen LogP contribution in [0.15, 0.2) is 30.3 Å². The highest BCUT2D eigenvalue weighted by atomic mass is 16.5. The van der Waals surface area contributed by atoms with Gasteiger partial charge < -0.3 is 14.9 Å². The van der Waals surface area contributed by atoms with Crippen molar-refractivity contribution in [1.82, 2.24) is 0 Å². The first kappa shape index (κ1) is 25.9. The van der Waals surface area contributed by atoms with E-state index >= 15 is 0 Å². The van der Waals surface area contributed by atoms with E-state index in [9.17, 15) is 15.0 Å². The van der Waals surface area contributed by atoms with Gasteiger partial charge in [-0.05, 0) is 82.1 Å². The molecule has 0 aliphatic heterocycles. The molecule has 0 spiro atoms. The van der Waals surface area contributed by atoms with Crippen molar-refractivity contribution in [2.24, 2.45) is 11.3 Å². The molecular weight excluding hydrogens is 388 g/mol. The molecule has 2 rings (SSSR count). The maximum absolute atomic E-state index is 11.6. The number of hydrogen-bond acceptors (Lipinski definition) is 4. The molecule has 2 N–H and O–H groups in total. The van der Waals surface area contributed by atoms with Crippen LogP contribution in [0.3, 0.4) is 0 Å². The summed E-state index contributed by atoms with van der Waals surface area (Å²) in [4.78, 5) is 11.6. The van der Waals surface area contributed by atoms with Crippen LogP contribution in [0, 0.1) is 11.3 Å². The zero-order valence-corrected chi connectivity index (χ0v) is 19.9. The first-order valence-corrected chi connectivity index (χ1v) is 12.4. The molecule has 0 amide bonds. The fraction of sp³-hybridized carbons (Fsp3) is 0.741. The topological polar surface area (TPSA) is 66.8 Å². The second-order valence-corrected chi connectivity index (χ2v) is 10.1. The molecule has 0 aromatic heterocycles. The van der Waals surface area contributed by atoms with E-state index in [1.165, 1.54) is 5.56 Å². The summed E-state index contributed by atoms with van der Waals surface area (Å²) < 4.78 is 5.18. The number of hydrogen-bond donors (Lipinski definition) is 2. The summed E-state index contributed by atoms with van der Waals surface area (Å²) in [5.41, 5.74) is 1.40. The van der Waals surface area contributed by atoms with Crippen molar-refractivity contribution < 1.29 is 19.7 Å². The normalized spacial score (nSPS) is 24.5. The maximum atomic E-state index is 11.6. The van der Waals surface area contributed by atoms with E-state index in [-0.39, 0.29) is 29.7 Å². The van der Waals surface area contributed by atoms with E-state index in [1.807, 2.05) is 32.0 Å². The van der Waals surface area contributed by atoms with Crippen LogP contribution in [-0.4, -0.2) is 34.5 Å². The van der Waals surface area contributed by atoms with E-state index < -0.39 is 0 Å². The number of esters is 1. The van der Waals surface area contributed by atoms with Crippen LogP contribution in [-0.2, 0) is 16.0 Å². The maximum Gasteiger partial charge on any atom is 0.306 e.